The molecular formula is C15H31NO4S2. The molecule has 132 valence electrons. The van der Waals surface area contributed by atoms with Crippen LogP contribution in [0.15, 0.2) is 0 Å². The van der Waals surface area contributed by atoms with Gasteiger partial charge in [-0.25, -0.2) is 21.1 Å². The second-order valence-corrected chi connectivity index (χ2v) is 10.7. The molecule has 1 fully saturated rings. The van der Waals surface area contributed by atoms with E-state index in [4.69, 9.17) is 0 Å². The number of piperidine rings is 1. The Morgan fingerprint density at radius 2 is 1.32 bits per heavy atom. The van der Waals surface area contributed by atoms with Crippen LogP contribution < -0.4 is 0 Å². The van der Waals surface area contributed by atoms with Gasteiger partial charge < -0.3 is 0 Å². The second-order valence-electron chi connectivity index (χ2n) is 6.20. The minimum atomic E-state index is -3.21. The fourth-order valence-corrected chi connectivity index (χ4v) is 6.32. The van der Waals surface area contributed by atoms with Crippen LogP contribution in [-0.2, 0) is 19.9 Å². The van der Waals surface area contributed by atoms with Crippen LogP contribution in [-0.4, -0.2) is 51.0 Å². The Morgan fingerprint density at radius 3 is 1.82 bits per heavy atom. The summed E-state index contributed by atoms with van der Waals surface area (Å²) in [6, 6.07) is 0. The molecule has 5 nitrogen and oxygen atoms in total. The summed E-state index contributed by atoms with van der Waals surface area (Å²) in [6.45, 7) is 4.80. The fraction of sp³-hybridized carbons (Fsp3) is 1.00. The Labute approximate surface area is 136 Å². The molecule has 0 saturated carbocycles. The first-order chi connectivity index (χ1) is 10.3. The number of sulfone groups is 1. The average Bonchev–Trinajstić information content (AvgIpc) is 2.48. The van der Waals surface area contributed by atoms with E-state index in [0.29, 0.717) is 38.8 Å². The number of rotatable bonds is 10. The maximum atomic E-state index is 12.3. The molecule has 0 aromatic rings. The summed E-state index contributed by atoms with van der Waals surface area (Å²) < 4.78 is 50.4. The van der Waals surface area contributed by atoms with Gasteiger partial charge in [0.25, 0.3) is 0 Å². The summed E-state index contributed by atoms with van der Waals surface area (Å²) in [7, 11) is -6.27. The van der Waals surface area contributed by atoms with E-state index in [9.17, 15) is 16.8 Å². The van der Waals surface area contributed by atoms with Gasteiger partial charge in [0.2, 0.25) is 10.0 Å². The largest absolute Gasteiger partial charge is 0.229 e. The molecule has 22 heavy (non-hydrogen) atoms. The molecule has 0 amide bonds. The molecule has 1 aliphatic rings. The van der Waals surface area contributed by atoms with Gasteiger partial charge in [-0.2, -0.15) is 0 Å². The summed E-state index contributed by atoms with van der Waals surface area (Å²) >= 11 is 0. The number of hydrogen-bond acceptors (Lipinski definition) is 4. The van der Waals surface area contributed by atoms with Crippen LogP contribution in [0.2, 0.25) is 0 Å². The van der Waals surface area contributed by atoms with E-state index in [-0.39, 0.29) is 16.8 Å². The zero-order valence-corrected chi connectivity index (χ0v) is 15.6. The van der Waals surface area contributed by atoms with Crippen molar-refractivity contribution in [1.29, 1.82) is 0 Å². The molecule has 1 heterocycles. The molecule has 0 unspecified atom stereocenters. The Morgan fingerprint density at radius 1 is 0.818 bits per heavy atom. The standard InChI is InChI=1S/C15H31NO4S2/c1-3-5-7-13-21(17,18)15-9-11-16(12-10-15)22(19,20)14-8-6-4-2/h15H,3-14H2,1-2H3. The third-order valence-electron chi connectivity index (χ3n) is 4.34. The van der Waals surface area contributed by atoms with E-state index in [0.717, 1.165) is 25.7 Å². The topological polar surface area (TPSA) is 71.5 Å². The van der Waals surface area contributed by atoms with Gasteiger partial charge in [-0.1, -0.05) is 39.5 Å². The molecule has 7 heteroatoms. The molecule has 0 aromatic carbocycles. The molecule has 0 radical (unpaired) electrons. The van der Waals surface area contributed by atoms with Crippen LogP contribution in [0.4, 0.5) is 0 Å². The fourth-order valence-electron chi connectivity index (χ4n) is 2.85. The van der Waals surface area contributed by atoms with Crippen LogP contribution in [0.3, 0.4) is 0 Å². The first-order valence-electron chi connectivity index (χ1n) is 8.53. The SMILES string of the molecule is CCCCCS(=O)(=O)C1CCN(S(=O)(=O)CCCCC)CC1. The summed E-state index contributed by atoms with van der Waals surface area (Å²) in [5, 5.41) is -0.355. The van der Waals surface area contributed by atoms with Gasteiger partial charge in [0.05, 0.1) is 16.8 Å². The lowest BCUT2D eigenvalue weighted by Gasteiger charge is -2.31. The first-order valence-corrected chi connectivity index (χ1v) is 11.9. The number of unbranched alkanes of at least 4 members (excludes halogenated alkanes) is 4. The van der Waals surface area contributed by atoms with E-state index in [1.165, 1.54) is 4.31 Å². The van der Waals surface area contributed by atoms with E-state index in [1.54, 1.807) is 0 Å². The van der Waals surface area contributed by atoms with Crippen molar-refractivity contribution in [3.8, 4) is 0 Å². The van der Waals surface area contributed by atoms with Gasteiger partial charge >= 0.3 is 0 Å². The predicted octanol–water partition coefficient (Wildman–Crippen LogP) is 2.58. The Balaban J connectivity index is 2.48. The van der Waals surface area contributed by atoms with Crippen LogP contribution in [0.5, 0.6) is 0 Å². The highest BCUT2D eigenvalue weighted by atomic mass is 32.2. The van der Waals surface area contributed by atoms with E-state index >= 15 is 0 Å². The lowest BCUT2D eigenvalue weighted by molar-refractivity contribution is 0.345. The van der Waals surface area contributed by atoms with Crippen molar-refractivity contribution in [3.63, 3.8) is 0 Å². The summed E-state index contributed by atoms with van der Waals surface area (Å²) in [5.41, 5.74) is 0. The summed E-state index contributed by atoms with van der Waals surface area (Å²) in [6.07, 6.45) is 6.15. The molecule has 0 aromatic heterocycles. The summed E-state index contributed by atoms with van der Waals surface area (Å²) in [5.74, 6) is 0.434. The zero-order chi connectivity index (χ0) is 16.6. The molecular weight excluding hydrogens is 322 g/mol. The third kappa shape index (κ3) is 6.16. The Hall–Kier alpha value is -0.140. The molecule has 0 atom stereocenters. The van der Waals surface area contributed by atoms with Crippen LogP contribution in [0.25, 0.3) is 0 Å². The maximum absolute atomic E-state index is 12.3. The first kappa shape index (κ1) is 19.9. The van der Waals surface area contributed by atoms with Gasteiger partial charge in [0.1, 0.15) is 0 Å². The highest BCUT2D eigenvalue weighted by molar-refractivity contribution is 7.92. The van der Waals surface area contributed by atoms with E-state index in [1.807, 2.05) is 6.92 Å². The molecule has 1 saturated heterocycles. The minimum absolute atomic E-state index is 0.189. The molecule has 1 aliphatic heterocycles. The number of nitrogens with zero attached hydrogens (tertiary/aromatic N) is 1. The molecule has 0 N–H and O–H groups in total. The van der Waals surface area contributed by atoms with Crippen molar-refractivity contribution in [2.45, 2.75) is 70.5 Å². The molecule has 1 rings (SSSR count). The lowest BCUT2D eigenvalue weighted by Crippen LogP contribution is -2.43. The Kier molecular flexibility index (Phi) is 8.35. The average molecular weight is 354 g/mol. The third-order valence-corrected chi connectivity index (χ3v) is 8.64. The molecule has 0 spiro atoms. The highest BCUT2D eigenvalue weighted by Crippen LogP contribution is 2.22. The van der Waals surface area contributed by atoms with Crippen molar-refractivity contribution in [2.24, 2.45) is 0 Å². The van der Waals surface area contributed by atoms with Crippen LogP contribution in [0, 0.1) is 0 Å². The quantitative estimate of drug-likeness (QED) is 0.566. The monoisotopic (exact) mass is 353 g/mol. The van der Waals surface area contributed by atoms with Gasteiger partial charge in [0, 0.05) is 13.1 Å². The molecule has 0 aliphatic carbocycles. The van der Waals surface area contributed by atoms with Crippen LogP contribution in [0.1, 0.15) is 65.2 Å². The van der Waals surface area contributed by atoms with Gasteiger partial charge in [-0.05, 0) is 25.7 Å². The van der Waals surface area contributed by atoms with Crippen molar-refractivity contribution < 1.29 is 16.8 Å². The maximum Gasteiger partial charge on any atom is 0.214 e. The second kappa shape index (κ2) is 9.23. The zero-order valence-electron chi connectivity index (χ0n) is 14.0. The smallest absolute Gasteiger partial charge is 0.214 e. The number of sulfonamides is 1. The van der Waals surface area contributed by atoms with Crippen molar-refractivity contribution in [2.75, 3.05) is 24.6 Å². The van der Waals surface area contributed by atoms with E-state index in [2.05, 4.69) is 6.92 Å². The predicted molar refractivity (Wildman–Crippen MR) is 91.2 cm³/mol. The van der Waals surface area contributed by atoms with E-state index < -0.39 is 19.9 Å². The van der Waals surface area contributed by atoms with Gasteiger partial charge in [0.15, 0.2) is 9.84 Å². The number of hydrogen-bond donors (Lipinski definition) is 0. The molecule has 0 bridgehead atoms. The van der Waals surface area contributed by atoms with Gasteiger partial charge in [-0.3, -0.25) is 0 Å². The Bertz CT molecular complexity index is 458. The van der Waals surface area contributed by atoms with Crippen molar-refractivity contribution in [3.05, 3.63) is 0 Å². The normalized spacial score (nSPS) is 18.6. The highest BCUT2D eigenvalue weighted by Gasteiger charge is 2.33. The lowest BCUT2D eigenvalue weighted by atomic mass is 10.2. The van der Waals surface area contributed by atoms with Crippen molar-refractivity contribution in [1.82, 2.24) is 4.31 Å². The van der Waals surface area contributed by atoms with Crippen molar-refractivity contribution >= 4 is 19.9 Å². The summed E-state index contributed by atoms with van der Waals surface area (Å²) in [4.78, 5) is 0. The van der Waals surface area contributed by atoms with Crippen LogP contribution >= 0.6 is 0 Å². The minimum Gasteiger partial charge on any atom is -0.229 e. The van der Waals surface area contributed by atoms with Gasteiger partial charge in [-0.15, -0.1) is 0 Å².